The minimum absolute atomic E-state index is 0.0405. The van der Waals surface area contributed by atoms with Crippen molar-refractivity contribution in [1.82, 2.24) is 5.32 Å². The van der Waals surface area contributed by atoms with Crippen LogP contribution in [0.3, 0.4) is 0 Å². The van der Waals surface area contributed by atoms with Gasteiger partial charge in [-0.3, -0.25) is 14.9 Å². The molecule has 0 aliphatic heterocycles. The van der Waals surface area contributed by atoms with Crippen LogP contribution in [0.4, 0.5) is 11.4 Å². The average Bonchev–Trinajstić information content (AvgIpc) is 2.65. The molecule has 1 amide bonds. The summed E-state index contributed by atoms with van der Waals surface area (Å²) in [6.45, 7) is 1.85. The van der Waals surface area contributed by atoms with Gasteiger partial charge in [0.25, 0.3) is 11.6 Å². The molecule has 2 rings (SSSR count). The number of amides is 1. The number of carbonyl (C=O) groups is 2. The van der Waals surface area contributed by atoms with Crippen molar-refractivity contribution in [2.45, 2.75) is 12.8 Å². The van der Waals surface area contributed by atoms with Gasteiger partial charge in [-0.25, -0.2) is 4.79 Å². The average molecular weight is 357 g/mol. The Morgan fingerprint density at radius 1 is 1.23 bits per heavy atom. The third-order valence-electron chi connectivity index (χ3n) is 3.78. The molecule has 0 saturated carbocycles. The third kappa shape index (κ3) is 5.04. The Morgan fingerprint density at radius 2 is 1.92 bits per heavy atom. The molecule has 0 fully saturated rings. The van der Waals surface area contributed by atoms with E-state index in [2.05, 4.69) is 5.32 Å². The van der Waals surface area contributed by atoms with Crippen LogP contribution in [-0.4, -0.2) is 30.0 Å². The molecule has 0 aromatic heterocycles. The standard InChI is InChI=1S/C18H19N3O5/c1-12(13-5-3-2-4-6-13)10-20-17(22)11-26-18(23)15-9-14(21(24)25)7-8-16(15)19/h2-9,12H,10-11,19H2,1H3,(H,20,22)/t12-/m0/s1. The van der Waals surface area contributed by atoms with Gasteiger partial charge in [-0.15, -0.1) is 0 Å². The Hall–Kier alpha value is -3.42. The van der Waals surface area contributed by atoms with Crippen molar-refractivity contribution in [1.29, 1.82) is 0 Å². The number of nitrogens with two attached hydrogens (primary N) is 1. The lowest BCUT2D eigenvalue weighted by atomic mass is 10.0. The van der Waals surface area contributed by atoms with E-state index in [0.717, 1.165) is 11.6 Å². The highest BCUT2D eigenvalue weighted by Gasteiger charge is 2.18. The van der Waals surface area contributed by atoms with E-state index in [9.17, 15) is 19.7 Å². The predicted molar refractivity (Wildman–Crippen MR) is 95.7 cm³/mol. The number of non-ortho nitro benzene ring substituents is 1. The monoisotopic (exact) mass is 357 g/mol. The van der Waals surface area contributed by atoms with Gasteiger partial charge in [0.15, 0.2) is 6.61 Å². The lowest BCUT2D eigenvalue weighted by Crippen LogP contribution is -2.31. The zero-order valence-corrected chi connectivity index (χ0v) is 14.2. The Bertz CT molecular complexity index is 808. The summed E-state index contributed by atoms with van der Waals surface area (Å²) >= 11 is 0. The molecule has 0 unspecified atom stereocenters. The van der Waals surface area contributed by atoms with Gasteiger partial charge in [0.2, 0.25) is 0 Å². The summed E-state index contributed by atoms with van der Waals surface area (Å²) in [6, 6.07) is 13.1. The quantitative estimate of drug-likeness (QED) is 0.339. The van der Waals surface area contributed by atoms with Gasteiger partial charge in [0, 0.05) is 24.4 Å². The topological polar surface area (TPSA) is 125 Å². The fourth-order valence-corrected chi connectivity index (χ4v) is 2.26. The molecule has 8 heteroatoms. The van der Waals surface area contributed by atoms with E-state index < -0.39 is 23.4 Å². The number of nitrogens with zero attached hydrogens (tertiary/aromatic N) is 1. The van der Waals surface area contributed by atoms with Crippen LogP contribution in [0.5, 0.6) is 0 Å². The number of nitrogens with one attached hydrogen (secondary N) is 1. The molecule has 0 aliphatic carbocycles. The van der Waals surface area contributed by atoms with Gasteiger partial charge >= 0.3 is 5.97 Å². The summed E-state index contributed by atoms with van der Waals surface area (Å²) in [7, 11) is 0. The first-order valence-corrected chi connectivity index (χ1v) is 7.91. The van der Waals surface area contributed by atoms with Gasteiger partial charge in [-0.05, 0) is 17.5 Å². The number of ether oxygens (including phenoxy) is 1. The zero-order valence-electron chi connectivity index (χ0n) is 14.2. The van der Waals surface area contributed by atoms with Crippen LogP contribution in [-0.2, 0) is 9.53 Å². The number of hydrogen-bond acceptors (Lipinski definition) is 6. The first-order valence-electron chi connectivity index (χ1n) is 7.91. The van der Waals surface area contributed by atoms with Crippen LogP contribution < -0.4 is 11.1 Å². The van der Waals surface area contributed by atoms with Crippen molar-refractivity contribution in [2.24, 2.45) is 0 Å². The van der Waals surface area contributed by atoms with E-state index in [1.54, 1.807) is 0 Å². The van der Waals surface area contributed by atoms with Gasteiger partial charge in [0.1, 0.15) is 0 Å². The fourth-order valence-electron chi connectivity index (χ4n) is 2.26. The normalized spacial score (nSPS) is 11.4. The van der Waals surface area contributed by atoms with E-state index in [1.165, 1.54) is 12.1 Å². The summed E-state index contributed by atoms with van der Waals surface area (Å²) in [5, 5.41) is 13.4. The highest BCUT2D eigenvalue weighted by Crippen LogP contribution is 2.20. The van der Waals surface area contributed by atoms with Crippen molar-refractivity contribution < 1.29 is 19.2 Å². The molecule has 3 N–H and O–H groups in total. The van der Waals surface area contributed by atoms with Crippen molar-refractivity contribution >= 4 is 23.3 Å². The van der Waals surface area contributed by atoms with Crippen LogP contribution in [0, 0.1) is 10.1 Å². The van der Waals surface area contributed by atoms with Gasteiger partial charge in [0.05, 0.1) is 10.5 Å². The van der Waals surface area contributed by atoms with Crippen LogP contribution in [0.1, 0.15) is 28.8 Å². The number of nitro benzene ring substituents is 1. The molecule has 136 valence electrons. The maximum absolute atomic E-state index is 12.0. The van der Waals surface area contributed by atoms with Gasteiger partial charge in [-0.2, -0.15) is 0 Å². The summed E-state index contributed by atoms with van der Waals surface area (Å²) in [4.78, 5) is 34.0. The predicted octanol–water partition coefficient (Wildman–Crippen LogP) is 2.25. The van der Waals surface area contributed by atoms with Gasteiger partial charge < -0.3 is 15.8 Å². The molecular formula is C18H19N3O5. The highest BCUT2D eigenvalue weighted by molar-refractivity contribution is 5.96. The molecule has 2 aromatic carbocycles. The van der Waals surface area contributed by atoms with Crippen LogP contribution in [0.15, 0.2) is 48.5 Å². The summed E-state index contributed by atoms with van der Waals surface area (Å²) in [5.74, 6) is -1.26. The summed E-state index contributed by atoms with van der Waals surface area (Å²) < 4.78 is 4.89. The minimum Gasteiger partial charge on any atom is -0.452 e. The zero-order chi connectivity index (χ0) is 19.1. The van der Waals surface area contributed by atoms with E-state index in [4.69, 9.17) is 10.5 Å². The molecule has 8 nitrogen and oxygen atoms in total. The molecule has 26 heavy (non-hydrogen) atoms. The second-order valence-corrected chi connectivity index (χ2v) is 5.72. The number of nitro groups is 1. The second-order valence-electron chi connectivity index (χ2n) is 5.72. The largest absolute Gasteiger partial charge is 0.452 e. The number of rotatable bonds is 7. The SMILES string of the molecule is C[C@@H](CNC(=O)COC(=O)c1cc([N+](=O)[O-])ccc1N)c1ccccc1. The molecule has 0 radical (unpaired) electrons. The van der Waals surface area contributed by atoms with Crippen LogP contribution in [0.25, 0.3) is 0 Å². The van der Waals surface area contributed by atoms with Crippen molar-refractivity contribution in [3.8, 4) is 0 Å². The molecule has 0 aliphatic rings. The summed E-state index contributed by atoms with van der Waals surface area (Å²) in [6.07, 6.45) is 0. The smallest absolute Gasteiger partial charge is 0.341 e. The third-order valence-corrected chi connectivity index (χ3v) is 3.78. The number of hydrogen-bond donors (Lipinski definition) is 2. The Labute approximate surface area is 150 Å². The second kappa shape index (κ2) is 8.61. The lowest BCUT2D eigenvalue weighted by Gasteiger charge is -2.13. The van der Waals surface area contributed by atoms with Crippen molar-refractivity contribution in [3.05, 3.63) is 69.8 Å². The molecule has 0 heterocycles. The molecular weight excluding hydrogens is 338 g/mol. The van der Waals surface area contributed by atoms with E-state index in [1.807, 2.05) is 37.3 Å². The maximum Gasteiger partial charge on any atom is 0.341 e. The summed E-state index contributed by atoms with van der Waals surface area (Å²) in [5.41, 5.74) is 6.32. The maximum atomic E-state index is 12.0. The van der Waals surface area contributed by atoms with Crippen molar-refractivity contribution in [2.75, 3.05) is 18.9 Å². The Balaban J connectivity index is 1.86. The number of carbonyl (C=O) groups excluding carboxylic acids is 2. The number of esters is 1. The van der Waals surface area contributed by atoms with E-state index in [0.29, 0.717) is 6.54 Å². The number of benzene rings is 2. The van der Waals surface area contributed by atoms with Crippen molar-refractivity contribution in [3.63, 3.8) is 0 Å². The van der Waals surface area contributed by atoms with Crippen LogP contribution in [0.2, 0.25) is 0 Å². The molecule has 0 bridgehead atoms. The fraction of sp³-hybridized carbons (Fsp3) is 0.222. The van der Waals surface area contributed by atoms with E-state index >= 15 is 0 Å². The Morgan fingerprint density at radius 3 is 2.58 bits per heavy atom. The molecule has 0 saturated heterocycles. The first kappa shape index (κ1) is 18.9. The molecule has 0 spiro atoms. The lowest BCUT2D eigenvalue weighted by molar-refractivity contribution is -0.384. The highest BCUT2D eigenvalue weighted by atomic mass is 16.6. The first-order chi connectivity index (χ1) is 12.4. The van der Waals surface area contributed by atoms with Crippen LogP contribution >= 0.6 is 0 Å². The molecule has 2 aromatic rings. The van der Waals surface area contributed by atoms with E-state index in [-0.39, 0.29) is 22.9 Å². The number of anilines is 1. The number of nitrogen functional groups attached to an aromatic ring is 1. The Kier molecular flexibility index (Phi) is 6.26. The molecule has 1 atom stereocenters. The minimum atomic E-state index is -0.891. The van der Waals surface area contributed by atoms with Gasteiger partial charge in [-0.1, -0.05) is 37.3 Å².